The van der Waals surface area contributed by atoms with Crippen LogP contribution in [0.15, 0.2) is 48.7 Å². The van der Waals surface area contributed by atoms with E-state index in [1.54, 1.807) is 19.9 Å². The van der Waals surface area contributed by atoms with E-state index in [4.69, 9.17) is 0 Å². The Labute approximate surface area is 148 Å². The molecule has 0 saturated carbocycles. The summed E-state index contributed by atoms with van der Waals surface area (Å²) in [6.45, 7) is 3.44. The van der Waals surface area contributed by atoms with Crippen molar-refractivity contribution in [3.63, 3.8) is 0 Å². The predicted octanol–water partition coefficient (Wildman–Crippen LogP) is 5.44. The zero-order valence-electron chi connectivity index (χ0n) is 14.2. The van der Waals surface area contributed by atoms with Crippen LogP contribution < -0.4 is 0 Å². The second kappa shape index (κ2) is 6.44. The Morgan fingerprint density at radius 3 is 2.42 bits per heavy atom. The van der Waals surface area contributed by atoms with Gasteiger partial charge < -0.3 is 0 Å². The van der Waals surface area contributed by atoms with Gasteiger partial charge in [-0.3, -0.25) is 14.2 Å². The normalized spacial score (nSPS) is 11.9. The molecule has 0 amide bonds. The minimum Gasteiger partial charge on any atom is -0.298 e. The Bertz CT molecular complexity index is 1000. The quantitative estimate of drug-likeness (QED) is 0.585. The van der Waals surface area contributed by atoms with Gasteiger partial charge in [-0.1, -0.05) is 44.2 Å². The predicted molar refractivity (Wildman–Crippen MR) is 93.2 cm³/mol. The van der Waals surface area contributed by atoms with Crippen molar-refractivity contribution in [2.45, 2.75) is 20.0 Å². The molecule has 0 unspecified atom stereocenters. The van der Waals surface area contributed by atoms with E-state index in [0.29, 0.717) is 28.3 Å². The van der Waals surface area contributed by atoms with Gasteiger partial charge in [0.2, 0.25) is 5.91 Å². The lowest BCUT2D eigenvalue weighted by Crippen LogP contribution is -2.15. The molecule has 0 saturated heterocycles. The first-order valence-electron chi connectivity index (χ1n) is 8.05. The van der Waals surface area contributed by atoms with E-state index in [0.717, 1.165) is 6.07 Å². The van der Waals surface area contributed by atoms with Crippen LogP contribution >= 0.6 is 0 Å². The molecule has 6 heteroatoms. The Morgan fingerprint density at radius 1 is 1.12 bits per heavy atom. The summed E-state index contributed by atoms with van der Waals surface area (Å²) in [6.07, 6.45) is -2.43. The molecule has 0 aliphatic carbocycles. The summed E-state index contributed by atoms with van der Waals surface area (Å²) in [6, 6.07) is 9.91. The Kier molecular flexibility index (Phi) is 4.44. The van der Waals surface area contributed by atoms with Gasteiger partial charge in [0.1, 0.15) is 0 Å². The van der Waals surface area contributed by atoms with Crippen LogP contribution in [0.5, 0.6) is 0 Å². The molecule has 1 aromatic heterocycles. The Morgan fingerprint density at radius 2 is 1.81 bits per heavy atom. The number of benzene rings is 2. The molecule has 0 atom stereocenters. The zero-order chi connectivity index (χ0) is 19.1. The number of carbonyl (C=O) groups excluding carboxylic acids is 2. The van der Waals surface area contributed by atoms with Crippen LogP contribution in [0.1, 0.15) is 34.6 Å². The molecule has 0 fully saturated rings. The number of rotatable bonds is 3. The molecule has 0 aliphatic heterocycles. The minimum absolute atomic E-state index is 0.0271. The molecule has 0 radical (unpaired) electrons. The summed E-state index contributed by atoms with van der Waals surface area (Å²) in [4.78, 5) is 23.7. The highest BCUT2D eigenvalue weighted by Crippen LogP contribution is 2.38. The van der Waals surface area contributed by atoms with Crippen molar-refractivity contribution in [1.82, 2.24) is 4.57 Å². The highest BCUT2D eigenvalue weighted by molar-refractivity contribution is 6.04. The van der Waals surface area contributed by atoms with Crippen molar-refractivity contribution in [2.75, 3.05) is 0 Å². The van der Waals surface area contributed by atoms with Gasteiger partial charge in [-0.25, -0.2) is 0 Å². The Balaban J connectivity index is 2.27. The third-order valence-electron chi connectivity index (χ3n) is 4.24. The zero-order valence-corrected chi connectivity index (χ0v) is 14.2. The van der Waals surface area contributed by atoms with Crippen LogP contribution in [0.4, 0.5) is 13.2 Å². The molecule has 26 heavy (non-hydrogen) atoms. The number of halogens is 3. The van der Waals surface area contributed by atoms with Crippen molar-refractivity contribution >= 4 is 23.1 Å². The van der Waals surface area contributed by atoms with E-state index in [1.165, 1.54) is 41.1 Å². The summed E-state index contributed by atoms with van der Waals surface area (Å²) in [5, 5.41) is 0.530. The molecule has 0 aliphatic rings. The maximum Gasteiger partial charge on any atom is 0.417 e. The van der Waals surface area contributed by atoms with Crippen molar-refractivity contribution in [2.24, 2.45) is 5.92 Å². The van der Waals surface area contributed by atoms with Gasteiger partial charge >= 0.3 is 6.18 Å². The van der Waals surface area contributed by atoms with Crippen LogP contribution in [0.3, 0.4) is 0 Å². The fraction of sp³-hybridized carbons (Fsp3) is 0.200. The summed E-state index contributed by atoms with van der Waals surface area (Å²) < 4.78 is 41.3. The van der Waals surface area contributed by atoms with E-state index in [2.05, 4.69) is 0 Å². The number of carbonyl (C=O) groups is 2. The maximum atomic E-state index is 13.3. The molecular formula is C20H16F3NO2. The average Bonchev–Trinajstić information content (AvgIpc) is 2.98. The third-order valence-corrected chi connectivity index (χ3v) is 4.24. The SMILES string of the molecule is CC(C)C(=O)n1cc(C=O)c2ccc(-c3ccccc3C(F)(F)F)cc21. The van der Waals surface area contributed by atoms with Crippen LogP contribution in [-0.2, 0) is 6.18 Å². The second-order valence-electron chi connectivity index (χ2n) is 6.34. The molecule has 0 spiro atoms. The number of hydrogen-bond donors (Lipinski definition) is 0. The fourth-order valence-corrected chi connectivity index (χ4v) is 2.96. The van der Waals surface area contributed by atoms with Gasteiger partial charge in [0, 0.05) is 23.1 Å². The van der Waals surface area contributed by atoms with Gasteiger partial charge in [-0.05, 0) is 23.3 Å². The monoisotopic (exact) mass is 359 g/mol. The molecule has 2 aromatic carbocycles. The number of alkyl halides is 3. The number of nitrogens with zero attached hydrogens (tertiary/aromatic N) is 1. The van der Waals surface area contributed by atoms with Gasteiger partial charge in [0.15, 0.2) is 6.29 Å². The topological polar surface area (TPSA) is 39.1 Å². The van der Waals surface area contributed by atoms with Crippen LogP contribution in [0.25, 0.3) is 22.0 Å². The fourth-order valence-electron chi connectivity index (χ4n) is 2.96. The first-order chi connectivity index (χ1) is 12.2. The van der Waals surface area contributed by atoms with Gasteiger partial charge in [-0.15, -0.1) is 0 Å². The smallest absolute Gasteiger partial charge is 0.298 e. The summed E-state index contributed by atoms with van der Waals surface area (Å²) in [5.41, 5.74) is 0.353. The van der Waals surface area contributed by atoms with E-state index in [1.807, 2.05) is 0 Å². The largest absolute Gasteiger partial charge is 0.417 e. The number of aldehydes is 1. The van der Waals surface area contributed by atoms with Crippen molar-refractivity contribution in [3.8, 4) is 11.1 Å². The van der Waals surface area contributed by atoms with Crippen molar-refractivity contribution in [1.29, 1.82) is 0 Å². The van der Waals surface area contributed by atoms with Crippen molar-refractivity contribution < 1.29 is 22.8 Å². The average molecular weight is 359 g/mol. The number of fused-ring (bicyclic) bond motifs is 1. The van der Waals surface area contributed by atoms with E-state index in [-0.39, 0.29) is 17.4 Å². The highest BCUT2D eigenvalue weighted by atomic mass is 19.4. The third kappa shape index (κ3) is 3.03. The van der Waals surface area contributed by atoms with Gasteiger partial charge in [0.25, 0.3) is 0 Å². The standard InChI is InChI=1S/C20H16F3NO2/c1-12(2)19(26)24-10-14(11-25)16-8-7-13(9-18(16)24)15-5-3-4-6-17(15)20(21,22)23/h3-12H,1-2H3. The second-order valence-corrected chi connectivity index (χ2v) is 6.34. The molecule has 0 N–H and O–H groups in total. The van der Waals surface area contributed by atoms with Crippen LogP contribution in [-0.4, -0.2) is 16.8 Å². The van der Waals surface area contributed by atoms with E-state index < -0.39 is 11.7 Å². The highest BCUT2D eigenvalue weighted by Gasteiger charge is 2.33. The molecule has 134 valence electrons. The molecular weight excluding hydrogens is 343 g/mol. The maximum absolute atomic E-state index is 13.3. The van der Waals surface area contributed by atoms with Gasteiger partial charge in [0.05, 0.1) is 11.1 Å². The minimum atomic E-state index is -4.49. The molecule has 3 aromatic rings. The number of aromatic nitrogens is 1. The molecule has 0 bridgehead atoms. The summed E-state index contributed by atoms with van der Waals surface area (Å²) in [7, 11) is 0. The van der Waals surface area contributed by atoms with E-state index >= 15 is 0 Å². The first-order valence-corrected chi connectivity index (χ1v) is 8.05. The number of hydrogen-bond acceptors (Lipinski definition) is 2. The lowest BCUT2D eigenvalue weighted by molar-refractivity contribution is -0.137. The first kappa shape index (κ1) is 17.9. The van der Waals surface area contributed by atoms with Gasteiger partial charge in [-0.2, -0.15) is 13.2 Å². The van der Waals surface area contributed by atoms with Crippen molar-refractivity contribution in [3.05, 3.63) is 59.8 Å². The summed E-state index contributed by atoms with van der Waals surface area (Å²) in [5.74, 6) is -0.555. The molecule has 3 rings (SSSR count). The lowest BCUT2D eigenvalue weighted by atomic mass is 9.98. The molecule has 3 nitrogen and oxygen atoms in total. The molecule has 1 heterocycles. The lowest BCUT2D eigenvalue weighted by Gasteiger charge is -2.13. The van der Waals surface area contributed by atoms with E-state index in [9.17, 15) is 22.8 Å². The van der Waals surface area contributed by atoms with Crippen LogP contribution in [0.2, 0.25) is 0 Å². The van der Waals surface area contributed by atoms with Crippen LogP contribution in [0, 0.1) is 5.92 Å². The summed E-state index contributed by atoms with van der Waals surface area (Å²) >= 11 is 0. The Hall–Kier alpha value is -2.89.